The molecule has 0 saturated heterocycles. The van der Waals surface area contributed by atoms with Crippen molar-refractivity contribution in [3.8, 4) is 0 Å². The molecule has 0 aliphatic heterocycles. The zero-order valence-corrected chi connectivity index (χ0v) is 37.8. The average Bonchev–Trinajstić information content (AvgIpc) is 3.21. The van der Waals surface area contributed by atoms with Crippen LogP contribution in [0.2, 0.25) is 0 Å². The molecule has 6 heteroatoms. The van der Waals surface area contributed by atoms with Gasteiger partial charge in [-0.3, -0.25) is 9.59 Å². The second-order valence-corrected chi connectivity index (χ2v) is 16.8. The summed E-state index contributed by atoms with van der Waals surface area (Å²) in [4.78, 5) is 24.4. The van der Waals surface area contributed by atoms with E-state index in [9.17, 15) is 19.8 Å². The van der Waals surface area contributed by atoms with E-state index in [2.05, 4.69) is 55.6 Å². The number of ether oxygens (including phenoxy) is 1. The van der Waals surface area contributed by atoms with Crippen molar-refractivity contribution in [2.24, 2.45) is 0 Å². The zero-order chi connectivity index (χ0) is 41.5. The monoisotopic (exact) mass is 802 g/mol. The van der Waals surface area contributed by atoms with E-state index in [-0.39, 0.29) is 18.5 Å². The summed E-state index contributed by atoms with van der Waals surface area (Å²) in [5.41, 5.74) is 0. The molecule has 57 heavy (non-hydrogen) atoms. The number of carbonyl (C=O) groups is 2. The van der Waals surface area contributed by atoms with Crippen LogP contribution in [0.5, 0.6) is 0 Å². The Labute approximate surface area is 353 Å². The number of allylic oxidation sites excluding steroid dienone is 6. The third kappa shape index (κ3) is 43.5. The van der Waals surface area contributed by atoms with Gasteiger partial charge in [-0.15, -0.1) is 0 Å². The number of esters is 1. The topological polar surface area (TPSA) is 95.9 Å². The average molecular weight is 802 g/mol. The molecule has 2 unspecified atom stereocenters. The lowest BCUT2D eigenvalue weighted by Crippen LogP contribution is -2.45. The van der Waals surface area contributed by atoms with E-state index in [1.807, 2.05) is 0 Å². The summed E-state index contributed by atoms with van der Waals surface area (Å²) in [7, 11) is 0. The molecule has 6 nitrogen and oxygen atoms in total. The maximum absolute atomic E-state index is 12.4. The van der Waals surface area contributed by atoms with Gasteiger partial charge in [0.2, 0.25) is 5.91 Å². The van der Waals surface area contributed by atoms with Gasteiger partial charge in [0.15, 0.2) is 0 Å². The van der Waals surface area contributed by atoms with Crippen molar-refractivity contribution in [3.05, 3.63) is 36.5 Å². The van der Waals surface area contributed by atoms with E-state index in [4.69, 9.17) is 4.74 Å². The number of unbranched alkanes of at least 4 members (excludes halogenated alkanes) is 28. The first kappa shape index (κ1) is 55.1. The van der Waals surface area contributed by atoms with Gasteiger partial charge in [-0.2, -0.15) is 0 Å². The van der Waals surface area contributed by atoms with Crippen LogP contribution >= 0.6 is 0 Å². The van der Waals surface area contributed by atoms with Crippen LogP contribution in [-0.2, 0) is 14.3 Å². The molecule has 0 rings (SSSR count). The van der Waals surface area contributed by atoms with E-state index in [1.165, 1.54) is 135 Å². The van der Waals surface area contributed by atoms with Gasteiger partial charge in [0.05, 0.1) is 25.4 Å². The molecular weight excluding hydrogens is 707 g/mol. The Morgan fingerprint density at radius 1 is 0.491 bits per heavy atom. The third-order valence-electron chi connectivity index (χ3n) is 11.2. The van der Waals surface area contributed by atoms with Gasteiger partial charge in [0, 0.05) is 12.8 Å². The van der Waals surface area contributed by atoms with E-state index in [1.54, 1.807) is 0 Å². The molecule has 2 atom stereocenters. The SMILES string of the molecule is CCCCCC/C=C\C/C=C\CCCCCCCCCC(=O)OCCCCC/C=C\CCCCCCCC(=O)NC(CO)C(O)CCCCCCCCCCCC. The van der Waals surface area contributed by atoms with Crippen molar-refractivity contribution in [2.75, 3.05) is 13.2 Å². The lowest BCUT2D eigenvalue weighted by molar-refractivity contribution is -0.143. The van der Waals surface area contributed by atoms with E-state index >= 15 is 0 Å². The maximum atomic E-state index is 12.4. The summed E-state index contributed by atoms with van der Waals surface area (Å²) < 4.78 is 5.44. The Bertz CT molecular complexity index is 931. The second-order valence-electron chi connectivity index (χ2n) is 16.8. The summed E-state index contributed by atoms with van der Waals surface area (Å²) in [6.45, 7) is 4.85. The largest absolute Gasteiger partial charge is 0.466 e. The van der Waals surface area contributed by atoms with Crippen molar-refractivity contribution in [1.82, 2.24) is 5.32 Å². The van der Waals surface area contributed by atoms with Crippen LogP contribution in [0.15, 0.2) is 36.5 Å². The predicted octanol–water partition coefficient (Wildman–Crippen LogP) is 14.5. The Balaban J connectivity index is 3.50. The molecule has 0 heterocycles. The van der Waals surface area contributed by atoms with Crippen molar-refractivity contribution >= 4 is 11.9 Å². The normalized spacial score (nSPS) is 13.0. The molecule has 0 spiro atoms. The fraction of sp³-hybridized carbons (Fsp3) is 0.843. The highest BCUT2D eigenvalue weighted by atomic mass is 16.5. The minimum Gasteiger partial charge on any atom is -0.466 e. The highest BCUT2D eigenvalue weighted by Gasteiger charge is 2.20. The van der Waals surface area contributed by atoms with Crippen LogP contribution in [0, 0.1) is 0 Å². The molecule has 0 bridgehead atoms. The summed E-state index contributed by atoms with van der Waals surface area (Å²) in [5, 5.41) is 23.1. The fourth-order valence-electron chi connectivity index (χ4n) is 7.31. The molecule has 334 valence electrons. The smallest absolute Gasteiger partial charge is 0.305 e. The number of nitrogens with one attached hydrogen (secondary N) is 1. The van der Waals surface area contributed by atoms with Crippen LogP contribution in [0.1, 0.15) is 251 Å². The molecule has 0 radical (unpaired) electrons. The molecule has 0 aromatic heterocycles. The lowest BCUT2D eigenvalue weighted by Gasteiger charge is -2.22. The minimum absolute atomic E-state index is 0.0310. The second kappa shape index (κ2) is 46.8. The molecular formula is C51H95NO5. The zero-order valence-electron chi connectivity index (χ0n) is 37.8. The van der Waals surface area contributed by atoms with Crippen molar-refractivity contribution in [3.63, 3.8) is 0 Å². The number of aliphatic hydroxyl groups excluding tert-OH is 2. The van der Waals surface area contributed by atoms with Crippen LogP contribution in [0.4, 0.5) is 0 Å². The van der Waals surface area contributed by atoms with E-state index in [0.717, 1.165) is 83.5 Å². The Morgan fingerprint density at radius 3 is 1.37 bits per heavy atom. The van der Waals surface area contributed by atoms with Gasteiger partial charge >= 0.3 is 5.97 Å². The Kier molecular flexibility index (Phi) is 45.2. The van der Waals surface area contributed by atoms with Gasteiger partial charge in [0.25, 0.3) is 0 Å². The summed E-state index contributed by atoms with van der Waals surface area (Å²) in [6.07, 6.45) is 55.4. The fourth-order valence-corrected chi connectivity index (χ4v) is 7.31. The molecule has 0 aliphatic rings. The van der Waals surface area contributed by atoms with E-state index in [0.29, 0.717) is 25.9 Å². The van der Waals surface area contributed by atoms with Gasteiger partial charge in [-0.05, 0) is 89.9 Å². The first-order chi connectivity index (χ1) is 28.0. The van der Waals surface area contributed by atoms with Crippen LogP contribution in [-0.4, -0.2) is 47.4 Å². The van der Waals surface area contributed by atoms with Gasteiger partial charge in [0.1, 0.15) is 0 Å². The van der Waals surface area contributed by atoms with Gasteiger partial charge in [-0.25, -0.2) is 0 Å². The standard InChI is InChI=1S/C51H95NO5/c1-3-5-7-9-11-13-15-16-17-18-19-20-21-25-29-33-37-41-45-51(56)57-46-42-38-34-30-26-23-22-24-28-32-36-40-44-50(55)52-48(47-53)49(54)43-39-35-31-27-14-12-10-8-6-4-2/h13,15,17-18,23,26,48-49,53-54H,3-12,14,16,19-22,24-25,27-47H2,1-2H3,(H,52,55)/b15-13-,18-17-,26-23-. The number of aliphatic hydroxyl groups is 2. The Hall–Kier alpha value is -1.92. The van der Waals surface area contributed by atoms with Crippen LogP contribution in [0.25, 0.3) is 0 Å². The van der Waals surface area contributed by atoms with Crippen molar-refractivity contribution < 1.29 is 24.5 Å². The molecule has 0 aromatic carbocycles. The molecule has 0 fully saturated rings. The molecule has 0 saturated carbocycles. The number of hydrogen-bond acceptors (Lipinski definition) is 5. The summed E-state index contributed by atoms with van der Waals surface area (Å²) in [6, 6.07) is -0.559. The van der Waals surface area contributed by atoms with Crippen molar-refractivity contribution in [1.29, 1.82) is 0 Å². The molecule has 0 aliphatic carbocycles. The lowest BCUT2D eigenvalue weighted by atomic mass is 10.0. The number of hydrogen-bond donors (Lipinski definition) is 3. The number of carbonyl (C=O) groups excluding carboxylic acids is 2. The highest BCUT2D eigenvalue weighted by molar-refractivity contribution is 5.76. The van der Waals surface area contributed by atoms with E-state index < -0.39 is 12.1 Å². The Morgan fingerprint density at radius 2 is 0.877 bits per heavy atom. The summed E-state index contributed by atoms with van der Waals surface area (Å²) in [5.74, 6) is -0.0953. The van der Waals surface area contributed by atoms with Crippen LogP contribution in [0.3, 0.4) is 0 Å². The van der Waals surface area contributed by atoms with Crippen molar-refractivity contribution in [2.45, 2.75) is 264 Å². The minimum atomic E-state index is -0.679. The number of rotatable bonds is 45. The first-order valence-electron chi connectivity index (χ1n) is 24.7. The maximum Gasteiger partial charge on any atom is 0.305 e. The quantitative estimate of drug-likeness (QED) is 0.0324. The predicted molar refractivity (Wildman–Crippen MR) is 246 cm³/mol. The van der Waals surface area contributed by atoms with Gasteiger partial charge in [-0.1, -0.05) is 185 Å². The van der Waals surface area contributed by atoms with Crippen LogP contribution < -0.4 is 5.32 Å². The summed E-state index contributed by atoms with van der Waals surface area (Å²) >= 11 is 0. The third-order valence-corrected chi connectivity index (χ3v) is 11.2. The first-order valence-corrected chi connectivity index (χ1v) is 24.7. The van der Waals surface area contributed by atoms with Gasteiger partial charge < -0.3 is 20.3 Å². The number of amides is 1. The molecule has 3 N–H and O–H groups in total. The highest BCUT2D eigenvalue weighted by Crippen LogP contribution is 2.15. The molecule has 0 aromatic rings. The molecule has 1 amide bonds.